The monoisotopic (exact) mass is 422 g/mol. The lowest BCUT2D eigenvalue weighted by atomic mass is 9.80. The third kappa shape index (κ3) is 3.81. The summed E-state index contributed by atoms with van der Waals surface area (Å²) in [6.45, 7) is 7.64. The van der Waals surface area contributed by atoms with Gasteiger partial charge in [-0.25, -0.2) is 9.50 Å². The van der Waals surface area contributed by atoms with Gasteiger partial charge in [0.15, 0.2) is 5.65 Å². The zero-order valence-electron chi connectivity index (χ0n) is 17.7. The largest absolute Gasteiger partial charge is 0.391 e. The number of nitrogens with zero attached hydrogens (tertiary/aromatic N) is 4. The third-order valence-corrected chi connectivity index (χ3v) is 7.25. The van der Waals surface area contributed by atoms with Gasteiger partial charge < -0.3 is 4.90 Å². The van der Waals surface area contributed by atoms with E-state index in [0.29, 0.717) is 25.3 Å². The number of alkyl halides is 3. The van der Waals surface area contributed by atoms with Gasteiger partial charge in [-0.1, -0.05) is 6.92 Å². The molecule has 1 aliphatic heterocycles. The molecular weight excluding hydrogens is 393 g/mol. The van der Waals surface area contributed by atoms with Crippen LogP contribution in [-0.2, 0) is 4.79 Å². The number of likely N-dealkylation sites (tertiary alicyclic amines) is 1. The van der Waals surface area contributed by atoms with Crippen LogP contribution >= 0.6 is 0 Å². The second-order valence-corrected chi connectivity index (χ2v) is 9.11. The molecule has 0 unspecified atom stereocenters. The van der Waals surface area contributed by atoms with Crippen LogP contribution in [0.2, 0.25) is 0 Å². The van der Waals surface area contributed by atoms with Crippen LogP contribution in [-0.4, -0.2) is 45.2 Å². The van der Waals surface area contributed by atoms with Crippen molar-refractivity contribution in [3.63, 3.8) is 0 Å². The van der Waals surface area contributed by atoms with E-state index in [9.17, 15) is 18.0 Å². The SMILES string of the molecule is Cc1nc2cc([C@H]3CC[C@H](C(F)(F)F)CC3)nn2c([C@H]2CN(C=O)CC[C@H]2C)c1C. The highest BCUT2D eigenvalue weighted by Gasteiger charge is 2.42. The molecule has 164 valence electrons. The number of hydrogen-bond acceptors (Lipinski definition) is 3. The summed E-state index contributed by atoms with van der Waals surface area (Å²) in [6, 6.07) is 1.94. The molecule has 0 aromatic carbocycles. The van der Waals surface area contributed by atoms with E-state index in [0.717, 1.165) is 47.7 Å². The number of carbonyl (C=O) groups is 1. The molecule has 1 saturated heterocycles. The highest BCUT2D eigenvalue weighted by Crippen LogP contribution is 2.43. The van der Waals surface area contributed by atoms with Crippen molar-refractivity contribution in [3.8, 4) is 0 Å². The van der Waals surface area contributed by atoms with Gasteiger partial charge in [0.1, 0.15) is 0 Å². The zero-order valence-corrected chi connectivity index (χ0v) is 17.7. The lowest BCUT2D eigenvalue weighted by molar-refractivity contribution is -0.182. The summed E-state index contributed by atoms with van der Waals surface area (Å²) >= 11 is 0. The first-order chi connectivity index (χ1) is 14.2. The molecule has 8 heteroatoms. The second kappa shape index (κ2) is 7.85. The van der Waals surface area contributed by atoms with E-state index in [1.54, 1.807) is 0 Å². The Morgan fingerprint density at radius 3 is 2.47 bits per heavy atom. The van der Waals surface area contributed by atoms with Gasteiger partial charge in [0.2, 0.25) is 6.41 Å². The van der Waals surface area contributed by atoms with Crippen LogP contribution in [0.15, 0.2) is 6.07 Å². The number of aryl methyl sites for hydroxylation is 1. The Morgan fingerprint density at radius 1 is 1.13 bits per heavy atom. The molecule has 2 aliphatic rings. The summed E-state index contributed by atoms with van der Waals surface area (Å²) in [5.74, 6) is -0.600. The van der Waals surface area contributed by atoms with Crippen molar-refractivity contribution in [2.45, 2.75) is 70.9 Å². The number of halogens is 3. The van der Waals surface area contributed by atoms with Crippen LogP contribution in [0.3, 0.4) is 0 Å². The van der Waals surface area contributed by atoms with E-state index >= 15 is 0 Å². The maximum atomic E-state index is 13.0. The van der Waals surface area contributed by atoms with Crippen molar-refractivity contribution in [2.24, 2.45) is 11.8 Å². The van der Waals surface area contributed by atoms with E-state index in [1.165, 1.54) is 0 Å². The zero-order chi connectivity index (χ0) is 21.6. The molecule has 3 heterocycles. The van der Waals surface area contributed by atoms with Gasteiger partial charge in [-0.2, -0.15) is 18.3 Å². The first-order valence-corrected chi connectivity index (χ1v) is 10.8. The molecule has 0 radical (unpaired) electrons. The third-order valence-electron chi connectivity index (χ3n) is 7.25. The van der Waals surface area contributed by atoms with Crippen LogP contribution in [0.5, 0.6) is 0 Å². The van der Waals surface area contributed by atoms with Crippen molar-refractivity contribution in [2.75, 3.05) is 13.1 Å². The highest BCUT2D eigenvalue weighted by molar-refractivity contribution is 5.49. The minimum atomic E-state index is -4.10. The van der Waals surface area contributed by atoms with E-state index in [4.69, 9.17) is 10.1 Å². The summed E-state index contributed by atoms with van der Waals surface area (Å²) < 4.78 is 41.0. The molecule has 2 atom stereocenters. The van der Waals surface area contributed by atoms with Crippen molar-refractivity contribution < 1.29 is 18.0 Å². The van der Waals surface area contributed by atoms with E-state index in [1.807, 2.05) is 29.3 Å². The lowest BCUT2D eigenvalue weighted by Crippen LogP contribution is -2.38. The molecule has 1 saturated carbocycles. The van der Waals surface area contributed by atoms with Gasteiger partial charge in [0, 0.05) is 36.7 Å². The smallest absolute Gasteiger partial charge is 0.345 e. The van der Waals surface area contributed by atoms with Crippen LogP contribution in [0.25, 0.3) is 5.65 Å². The van der Waals surface area contributed by atoms with Crippen LogP contribution in [0, 0.1) is 25.7 Å². The summed E-state index contributed by atoms with van der Waals surface area (Å²) in [7, 11) is 0. The minimum absolute atomic E-state index is 0.0361. The molecule has 0 spiro atoms. The minimum Gasteiger partial charge on any atom is -0.345 e. The number of hydrogen-bond donors (Lipinski definition) is 0. The average Bonchev–Trinajstić information content (AvgIpc) is 3.12. The van der Waals surface area contributed by atoms with E-state index < -0.39 is 12.1 Å². The Morgan fingerprint density at radius 2 is 1.83 bits per heavy atom. The molecule has 0 N–H and O–H groups in total. The number of carbonyl (C=O) groups excluding carboxylic acids is 1. The first-order valence-electron chi connectivity index (χ1n) is 10.8. The molecule has 2 fully saturated rings. The molecule has 2 aromatic heterocycles. The molecule has 2 aromatic rings. The maximum absolute atomic E-state index is 13.0. The number of piperidine rings is 1. The second-order valence-electron chi connectivity index (χ2n) is 9.11. The van der Waals surface area contributed by atoms with Gasteiger partial charge in [0.25, 0.3) is 0 Å². The van der Waals surface area contributed by atoms with Crippen molar-refractivity contribution in [3.05, 3.63) is 28.7 Å². The van der Waals surface area contributed by atoms with Gasteiger partial charge in [-0.05, 0) is 57.4 Å². The Balaban J connectivity index is 1.68. The maximum Gasteiger partial charge on any atom is 0.391 e. The van der Waals surface area contributed by atoms with Crippen LogP contribution in [0.1, 0.15) is 73.5 Å². The molecular formula is C22H29F3N4O. The standard InChI is InChI=1S/C22H29F3N4O/c1-13-8-9-28(12-30)11-18(13)21-14(2)15(3)26-20-10-19(27-29(20)21)16-4-6-17(7-5-16)22(23,24)25/h10,12-13,16-18H,4-9,11H2,1-3H3/t13-,16-,17-,18+/m1/s1. The molecule has 1 amide bonds. The first kappa shape index (κ1) is 21.1. The Labute approximate surface area is 174 Å². The van der Waals surface area contributed by atoms with E-state index in [2.05, 4.69) is 6.92 Å². The predicted molar refractivity (Wildman–Crippen MR) is 107 cm³/mol. The summed E-state index contributed by atoms with van der Waals surface area (Å²) in [5, 5.41) is 4.85. The van der Waals surface area contributed by atoms with Crippen molar-refractivity contribution in [1.29, 1.82) is 0 Å². The summed E-state index contributed by atoms with van der Waals surface area (Å²) in [4.78, 5) is 17.9. The van der Waals surface area contributed by atoms with Crippen molar-refractivity contribution >= 4 is 12.1 Å². The fourth-order valence-corrected chi connectivity index (χ4v) is 5.14. The number of amides is 1. The highest BCUT2D eigenvalue weighted by atomic mass is 19.4. The summed E-state index contributed by atoms with van der Waals surface area (Å²) in [5.41, 5.74) is 4.66. The molecule has 5 nitrogen and oxygen atoms in total. The number of aromatic nitrogens is 3. The Hall–Kier alpha value is -2.12. The van der Waals surface area contributed by atoms with Crippen LogP contribution < -0.4 is 0 Å². The quantitative estimate of drug-likeness (QED) is 0.670. The van der Waals surface area contributed by atoms with E-state index in [-0.39, 0.29) is 24.7 Å². The fourth-order valence-electron chi connectivity index (χ4n) is 5.14. The van der Waals surface area contributed by atoms with Gasteiger partial charge in [-0.15, -0.1) is 0 Å². The molecule has 30 heavy (non-hydrogen) atoms. The Bertz CT molecular complexity index is 931. The van der Waals surface area contributed by atoms with Gasteiger partial charge >= 0.3 is 6.18 Å². The molecule has 4 rings (SSSR count). The van der Waals surface area contributed by atoms with Gasteiger partial charge in [-0.3, -0.25) is 4.79 Å². The average molecular weight is 422 g/mol. The number of rotatable bonds is 3. The molecule has 1 aliphatic carbocycles. The topological polar surface area (TPSA) is 50.5 Å². The number of fused-ring (bicyclic) bond motifs is 1. The van der Waals surface area contributed by atoms with Crippen molar-refractivity contribution in [1.82, 2.24) is 19.5 Å². The molecule has 0 bridgehead atoms. The normalized spacial score (nSPS) is 28.1. The predicted octanol–water partition coefficient (Wildman–Crippen LogP) is 4.76. The Kier molecular flexibility index (Phi) is 5.53. The fraction of sp³-hybridized carbons (Fsp3) is 0.682. The lowest BCUT2D eigenvalue weighted by Gasteiger charge is -2.36. The van der Waals surface area contributed by atoms with Gasteiger partial charge in [0.05, 0.1) is 17.3 Å². The summed E-state index contributed by atoms with van der Waals surface area (Å²) in [6.07, 6.45) is -0.939. The van der Waals surface area contributed by atoms with Crippen LogP contribution in [0.4, 0.5) is 13.2 Å².